The van der Waals surface area contributed by atoms with Gasteiger partial charge >= 0.3 is 5.69 Å². The Bertz CT molecular complexity index is 704. The van der Waals surface area contributed by atoms with E-state index < -0.39 is 21.5 Å². The zero-order valence-corrected chi connectivity index (χ0v) is 12.6. The average molecular weight is 327 g/mol. The van der Waals surface area contributed by atoms with Crippen LogP contribution in [-0.4, -0.2) is 31.8 Å². The van der Waals surface area contributed by atoms with Crippen LogP contribution in [0.2, 0.25) is 0 Å². The van der Waals surface area contributed by atoms with Gasteiger partial charge < -0.3 is 4.74 Å². The quantitative estimate of drug-likeness (QED) is 0.572. The lowest BCUT2D eigenvalue weighted by atomic mass is 10.2. The van der Waals surface area contributed by atoms with Crippen LogP contribution in [0.3, 0.4) is 0 Å². The molecular formula is C13H14FN3O4S. The average Bonchev–Trinajstić information content (AvgIpc) is 2.94. The molecule has 1 aromatic carbocycles. The number of nitro groups is 1. The highest BCUT2D eigenvalue weighted by Gasteiger charge is 2.11. The van der Waals surface area contributed by atoms with Crippen LogP contribution in [0.25, 0.3) is 0 Å². The van der Waals surface area contributed by atoms with Crippen LogP contribution >= 0.6 is 0 Å². The van der Waals surface area contributed by atoms with Gasteiger partial charge in [-0.1, -0.05) is 0 Å². The second-order valence-electron chi connectivity index (χ2n) is 4.46. The summed E-state index contributed by atoms with van der Waals surface area (Å²) in [5, 5.41) is 14.4. The Morgan fingerprint density at radius 3 is 2.91 bits per heavy atom. The standard InChI is InChI=1S/C13H14FN3O4S/c1-21-13-3-2-11(14)6-10(13)9-22(20)5-4-16-8-12(7-15-16)17(18)19/h2-3,6-8H,4-5,9H2,1H3. The predicted molar refractivity (Wildman–Crippen MR) is 78.5 cm³/mol. The van der Waals surface area contributed by atoms with E-state index in [2.05, 4.69) is 5.10 Å². The lowest BCUT2D eigenvalue weighted by Crippen LogP contribution is -2.10. The maximum atomic E-state index is 13.2. The molecule has 0 aliphatic rings. The highest BCUT2D eigenvalue weighted by Crippen LogP contribution is 2.21. The monoisotopic (exact) mass is 327 g/mol. The van der Waals surface area contributed by atoms with Crippen molar-refractivity contribution in [1.82, 2.24) is 9.78 Å². The number of rotatable bonds is 7. The lowest BCUT2D eigenvalue weighted by Gasteiger charge is -2.08. The Labute approximate surface area is 128 Å². The Kier molecular flexibility index (Phi) is 5.21. The number of hydrogen-bond acceptors (Lipinski definition) is 5. The molecule has 0 spiro atoms. The summed E-state index contributed by atoms with van der Waals surface area (Å²) in [5.74, 6) is 0.447. The molecule has 7 nitrogen and oxygen atoms in total. The summed E-state index contributed by atoms with van der Waals surface area (Å²) in [7, 11) is 0.190. The number of methoxy groups -OCH3 is 1. The molecule has 0 aliphatic carbocycles. The fourth-order valence-electron chi connectivity index (χ4n) is 1.87. The largest absolute Gasteiger partial charge is 0.496 e. The number of hydrogen-bond donors (Lipinski definition) is 0. The third-order valence-corrected chi connectivity index (χ3v) is 4.21. The molecule has 2 aromatic rings. The first-order valence-electron chi connectivity index (χ1n) is 6.34. The van der Waals surface area contributed by atoms with Crippen molar-refractivity contribution < 1.29 is 18.3 Å². The second-order valence-corrected chi connectivity index (χ2v) is 6.04. The lowest BCUT2D eigenvalue weighted by molar-refractivity contribution is -0.385. The van der Waals surface area contributed by atoms with Gasteiger partial charge in [-0.25, -0.2) is 4.39 Å². The first-order chi connectivity index (χ1) is 10.5. The highest BCUT2D eigenvalue weighted by atomic mass is 32.2. The molecule has 0 fully saturated rings. The third kappa shape index (κ3) is 4.10. The van der Waals surface area contributed by atoms with E-state index in [-0.39, 0.29) is 23.7 Å². The number of halogens is 1. The Hall–Kier alpha value is -2.29. The summed E-state index contributed by atoms with van der Waals surface area (Å²) in [4.78, 5) is 10.00. The van der Waals surface area contributed by atoms with Crippen molar-refractivity contribution in [3.05, 3.63) is 52.1 Å². The van der Waals surface area contributed by atoms with Crippen molar-refractivity contribution in [1.29, 1.82) is 0 Å². The van der Waals surface area contributed by atoms with Crippen LogP contribution in [0.4, 0.5) is 10.1 Å². The first-order valence-corrected chi connectivity index (χ1v) is 7.82. The summed E-state index contributed by atoms with van der Waals surface area (Å²) in [6.07, 6.45) is 2.42. The van der Waals surface area contributed by atoms with Crippen molar-refractivity contribution in [2.75, 3.05) is 12.9 Å². The molecule has 2 rings (SSSR count). The first kappa shape index (κ1) is 16.1. The van der Waals surface area contributed by atoms with Gasteiger partial charge in [0.05, 0.1) is 24.3 Å². The van der Waals surface area contributed by atoms with Crippen LogP contribution < -0.4 is 4.74 Å². The SMILES string of the molecule is COc1ccc(F)cc1CS(=O)CCn1cc([N+](=O)[O-])cn1. The second kappa shape index (κ2) is 7.12. The minimum absolute atomic E-state index is 0.113. The van der Waals surface area contributed by atoms with E-state index in [1.165, 1.54) is 36.2 Å². The van der Waals surface area contributed by atoms with Gasteiger partial charge in [-0.3, -0.25) is 19.0 Å². The Balaban J connectivity index is 1.95. The molecule has 118 valence electrons. The van der Waals surface area contributed by atoms with Gasteiger partial charge in [-0.15, -0.1) is 0 Å². The Morgan fingerprint density at radius 1 is 1.50 bits per heavy atom. The van der Waals surface area contributed by atoms with Crippen molar-refractivity contribution >= 4 is 16.5 Å². The minimum atomic E-state index is -1.27. The van der Waals surface area contributed by atoms with Crippen LogP contribution in [0.15, 0.2) is 30.6 Å². The van der Waals surface area contributed by atoms with Crippen molar-refractivity contribution in [2.24, 2.45) is 0 Å². The summed E-state index contributed by atoms with van der Waals surface area (Å²) in [5.41, 5.74) is 0.407. The summed E-state index contributed by atoms with van der Waals surface area (Å²) >= 11 is 0. The zero-order valence-electron chi connectivity index (χ0n) is 11.8. The van der Waals surface area contributed by atoms with E-state index in [0.717, 1.165) is 6.20 Å². The zero-order chi connectivity index (χ0) is 16.1. The van der Waals surface area contributed by atoms with Crippen LogP contribution in [0, 0.1) is 15.9 Å². The van der Waals surface area contributed by atoms with Gasteiger partial charge in [0.25, 0.3) is 0 Å². The summed E-state index contributed by atoms with van der Waals surface area (Å²) in [6.45, 7) is 0.276. The molecule has 1 atom stereocenters. The maximum absolute atomic E-state index is 13.2. The summed E-state index contributed by atoms with van der Waals surface area (Å²) < 4.78 is 31.8. The molecule has 1 aromatic heterocycles. The van der Waals surface area contributed by atoms with Gasteiger partial charge in [0, 0.05) is 22.1 Å². The topological polar surface area (TPSA) is 87.3 Å². The molecule has 0 aliphatic heterocycles. The van der Waals surface area contributed by atoms with E-state index in [1.807, 2.05) is 0 Å². The van der Waals surface area contributed by atoms with Gasteiger partial charge in [0.2, 0.25) is 0 Å². The van der Waals surface area contributed by atoms with Crippen molar-refractivity contribution in [3.63, 3.8) is 0 Å². The van der Waals surface area contributed by atoms with Gasteiger partial charge in [0.1, 0.15) is 24.0 Å². The number of ether oxygens (including phenoxy) is 1. The molecule has 0 N–H and O–H groups in total. The smallest absolute Gasteiger partial charge is 0.306 e. The summed E-state index contributed by atoms with van der Waals surface area (Å²) in [6, 6.07) is 4.04. The molecule has 0 amide bonds. The van der Waals surface area contributed by atoms with Gasteiger partial charge in [-0.05, 0) is 18.2 Å². The van der Waals surface area contributed by atoms with Crippen LogP contribution in [0.1, 0.15) is 5.56 Å². The minimum Gasteiger partial charge on any atom is -0.496 e. The van der Waals surface area contributed by atoms with E-state index in [0.29, 0.717) is 11.3 Å². The molecule has 1 heterocycles. The van der Waals surface area contributed by atoms with Crippen molar-refractivity contribution in [3.8, 4) is 5.75 Å². The number of nitrogens with zero attached hydrogens (tertiary/aromatic N) is 3. The van der Waals surface area contributed by atoms with Crippen molar-refractivity contribution in [2.45, 2.75) is 12.3 Å². The molecule has 1 unspecified atom stereocenters. The van der Waals surface area contributed by atoms with Crippen LogP contribution in [0.5, 0.6) is 5.75 Å². The van der Waals surface area contributed by atoms with Crippen LogP contribution in [-0.2, 0) is 23.1 Å². The van der Waals surface area contributed by atoms with E-state index in [4.69, 9.17) is 4.74 Å². The highest BCUT2D eigenvalue weighted by molar-refractivity contribution is 7.84. The van der Waals surface area contributed by atoms with E-state index in [1.54, 1.807) is 0 Å². The molecule has 0 bridgehead atoms. The Morgan fingerprint density at radius 2 is 2.27 bits per heavy atom. The number of aryl methyl sites for hydroxylation is 1. The van der Waals surface area contributed by atoms with Gasteiger partial charge in [0.15, 0.2) is 0 Å². The maximum Gasteiger partial charge on any atom is 0.306 e. The fourth-order valence-corrected chi connectivity index (χ4v) is 2.98. The molecule has 9 heteroatoms. The molecule has 0 radical (unpaired) electrons. The van der Waals surface area contributed by atoms with Gasteiger partial charge in [-0.2, -0.15) is 5.10 Å². The number of benzene rings is 1. The molecule has 0 saturated heterocycles. The van der Waals surface area contributed by atoms with E-state index >= 15 is 0 Å². The fraction of sp³-hybridized carbons (Fsp3) is 0.308. The molecular weight excluding hydrogens is 313 g/mol. The third-order valence-electron chi connectivity index (χ3n) is 2.94. The number of aromatic nitrogens is 2. The molecule has 22 heavy (non-hydrogen) atoms. The normalized spacial score (nSPS) is 12.1. The van der Waals surface area contributed by atoms with E-state index in [9.17, 15) is 18.7 Å². The molecule has 0 saturated carbocycles. The predicted octanol–water partition coefficient (Wildman–Crippen LogP) is 1.89.